The standard InChI is InChI=1S/C15H17F3N2S/c1-3-19-9-12-14(15(16,17)18)20-13(21-12)8-11-6-4-10(2)5-7-11/h4-7,19H,3,8-9H2,1-2H3. The molecule has 21 heavy (non-hydrogen) atoms. The highest BCUT2D eigenvalue weighted by molar-refractivity contribution is 7.11. The van der Waals surface area contributed by atoms with E-state index in [1.807, 2.05) is 38.1 Å². The molecule has 0 aliphatic carbocycles. The molecule has 0 saturated heterocycles. The molecule has 0 aliphatic heterocycles. The molecule has 1 heterocycles. The number of benzene rings is 1. The second-order valence-electron chi connectivity index (χ2n) is 4.82. The summed E-state index contributed by atoms with van der Waals surface area (Å²) >= 11 is 1.13. The Morgan fingerprint density at radius 1 is 1.19 bits per heavy atom. The van der Waals surface area contributed by atoms with Gasteiger partial charge in [-0.05, 0) is 19.0 Å². The minimum absolute atomic E-state index is 0.205. The number of hydrogen-bond donors (Lipinski definition) is 1. The zero-order chi connectivity index (χ0) is 15.5. The maximum Gasteiger partial charge on any atom is 0.434 e. The Labute approximate surface area is 126 Å². The summed E-state index contributed by atoms with van der Waals surface area (Å²) in [5.41, 5.74) is 1.34. The second kappa shape index (κ2) is 6.58. The molecule has 0 saturated carbocycles. The zero-order valence-corrected chi connectivity index (χ0v) is 12.7. The van der Waals surface area contributed by atoms with Crippen LogP contribution in [0, 0.1) is 6.92 Å². The number of aryl methyl sites for hydroxylation is 1. The van der Waals surface area contributed by atoms with Gasteiger partial charge in [0.1, 0.15) is 0 Å². The van der Waals surface area contributed by atoms with E-state index in [2.05, 4.69) is 10.3 Å². The van der Waals surface area contributed by atoms with E-state index in [1.54, 1.807) is 0 Å². The van der Waals surface area contributed by atoms with Gasteiger partial charge < -0.3 is 5.32 Å². The van der Waals surface area contributed by atoms with Crippen LogP contribution in [0.4, 0.5) is 13.2 Å². The van der Waals surface area contributed by atoms with Gasteiger partial charge >= 0.3 is 6.18 Å². The molecule has 0 fully saturated rings. The van der Waals surface area contributed by atoms with E-state index in [-0.39, 0.29) is 11.4 Å². The van der Waals surface area contributed by atoms with Crippen LogP contribution in [0.1, 0.15) is 33.6 Å². The third-order valence-electron chi connectivity index (χ3n) is 3.02. The molecule has 0 bridgehead atoms. The Kier molecular flexibility index (Phi) is 5.00. The normalized spacial score (nSPS) is 11.9. The number of hydrogen-bond acceptors (Lipinski definition) is 3. The summed E-state index contributed by atoms with van der Waals surface area (Å²) in [6.45, 7) is 4.67. The molecule has 0 aliphatic rings. The monoisotopic (exact) mass is 314 g/mol. The average molecular weight is 314 g/mol. The Hall–Kier alpha value is -1.40. The first-order chi connectivity index (χ1) is 9.90. The summed E-state index contributed by atoms with van der Waals surface area (Å²) < 4.78 is 39.0. The number of halogens is 3. The van der Waals surface area contributed by atoms with Gasteiger partial charge in [0.25, 0.3) is 0 Å². The van der Waals surface area contributed by atoms with Crippen molar-refractivity contribution in [2.24, 2.45) is 0 Å². The SMILES string of the molecule is CCNCc1sc(Cc2ccc(C)cc2)nc1C(F)(F)F. The van der Waals surface area contributed by atoms with Crippen molar-refractivity contribution in [3.05, 3.63) is 51.0 Å². The number of nitrogens with one attached hydrogen (secondary N) is 1. The van der Waals surface area contributed by atoms with Crippen LogP contribution >= 0.6 is 11.3 Å². The maximum atomic E-state index is 13.0. The van der Waals surface area contributed by atoms with Crippen LogP contribution in [0.3, 0.4) is 0 Å². The Balaban J connectivity index is 2.23. The molecule has 1 aromatic heterocycles. The fraction of sp³-hybridized carbons (Fsp3) is 0.400. The molecule has 1 aromatic carbocycles. The second-order valence-corrected chi connectivity index (χ2v) is 5.99. The summed E-state index contributed by atoms with van der Waals surface area (Å²) in [6, 6.07) is 7.75. The van der Waals surface area contributed by atoms with E-state index in [4.69, 9.17) is 0 Å². The summed E-state index contributed by atoms with van der Waals surface area (Å²) in [6.07, 6.45) is -3.97. The Morgan fingerprint density at radius 2 is 1.86 bits per heavy atom. The van der Waals surface area contributed by atoms with Crippen molar-refractivity contribution in [3.8, 4) is 0 Å². The fourth-order valence-electron chi connectivity index (χ4n) is 1.94. The number of thiazole rings is 1. The van der Waals surface area contributed by atoms with E-state index in [0.717, 1.165) is 22.5 Å². The zero-order valence-electron chi connectivity index (χ0n) is 11.9. The molecule has 2 nitrogen and oxygen atoms in total. The number of rotatable bonds is 5. The molecule has 0 radical (unpaired) electrons. The minimum Gasteiger partial charge on any atom is -0.312 e. The molecule has 0 amide bonds. The van der Waals surface area contributed by atoms with E-state index in [0.29, 0.717) is 18.0 Å². The Morgan fingerprint density at radius 3 is 2.43 bits per heavy atom. The topological polar surface area (TPSA) is 24.9 Å². The molecule has 1 N–H and O–H groups in total. The maximum absolute atomic E-state index is 13.0. The quantitative estimate of drug-likeness (QED) is 0.896. The number of aromatic nitrogens is 1. The van der Waals surface area contributed by atoms with Crippen molar-refractivity contribution in [2.75, 3.05) is 6.54 Å². The van der Waals surface area contributed by atoms with Gasteiger partial charge in [0, 0.05) is 13.0 Å². The van der Waals surface area contributed by atoms with Gasteiger partial charge in [0.05, 0.1) is 9.88 Å². The van der Waals surface area contributed by atoms with E-state index in [9.17, 15) is 13.2 Å². The predicted molar refractivity (Wildman–Crippen MR) is 78.5 cm³/mol. The molecule has 0 spiro atoms. The van der Waals surface area contributed by atoms with Crippen molar-refractivity contribution in [3.63, 3.8) is 0 Å². The summed E-state index contributed by atoms with van der Waals surface area (Å²) in [5, 5.41) is 3.43. The molecule has 0 unspecified atom stereocenters. The third-order valence-corrected chi connectivity index (χ3v) is 4.08. The molecular weight excluding hydrogens is 297 g/mol. The summed E-state index contributed by atoms with van der Waals surface area (Å²) in [7, 11) is 0. The van der Waals surface area contributed by atoms with Crippen molar-refractivity contribution < 1.29 is 13.2 Å². The summed E-state index contributed by atoms with van der Waals surface area (Å²) in [5.74, 6) is 0. The van der Waals surface area contributed by atoms with Crippen LogP contribution in [0.25, 0.3) is 0 Å². The van der Waals surface area contributed by atoms with Crippen LogP contribution in [-0.4, -0.2) is 11.5 Å². The fourth-order valence-corrected chi connectivity index (χ4v) is 3.03. The summed E-state index contributed by atoms with van der Waals surface area (Å²) in [4.78, 5) is 4.06. The predicted octanol–water partition coefficient (Wildman–Crippen LogP) is 4.17. The van der Waals surface area contributed by atoms with Gasteiger partial charge in [-0.2, -0.15) is 13.2 Å². The highest BCUT2D eigenvalue weighted by Crippen LogP contribution is 2.35. The molecule has 114 valence electrons. The van der Waals surface area contributed by atoms with E-state index >= 15 is 0 Å². The lowest BCUT2D eigenvalue weighted by atomic mass is 10.1. The van der Waals surface area contributed by atoms with Crippen molar-refractivity contribution >= 4 is 11.3 Å². The van der Waals surface area contributed by atoms with Gasteiger partial charge in [-0.15, -0.1) is 11.3 Å². The smallest absolute Gasteiger partial charge is 0.312 e. The number of nitrogens with zero attached hydrogens (tertiary/aromatic N) is 1. The van der Waals surface area contributed by atoms with Gasteiger partial charge in [-0.3, -0.25) is 0 Å². The first-order valence-corrected chi connectivity index (χ1v) is 7.54. The molecule has 2 rings (SSSR count). The van der Waals surface area contributed by atoms with Crippen LogP contribution < -0.4 is 5.32 Å². The van der Waals surface area contributed by atoms with Crippen molar-refractivity contribution in [1.29, 1.82) is 0 Å². The molecule has 6 heteroatoms. The van der Waals surface area contributed by atoms with E-state index < -0.39 is 11.9 Å². The molecule has 0 atom stereocenters. The highest BCUT2D eigenvalue weighted by Gasteiger charge is 2.37. The van der Waals surface area contributed by atoms with Gasteiger partial charge in [0.2, 0.25) is 0 Å². The lowest BCUT2D eigenvalue weighted by Crippen LogP contribution is -2.15. The molecule has 2 aromatic rings. The largest absolute Gasteiger partial charge is 0.434 e. The van der Waals surface area contributed by atoms with Crippen LogP contribution in [0.15, 0.2) is 24.3 Å². The van der Waals surface area contributed by atoms with Crippen LogP contribution in [-0.2, 0) is 19.1 Å². The first-order valence-electron chi connectivity index (χ1n) is 6.72. The first kappa shape index (κ1) is 16.0. The molecular formula is C15H17F3N2S. The van der Waals surface area contributed by atoms with Gasteiger partial charge in [-0.25, -0.2) is 4.98 Å². The van der Waals surface area contributed by atoms with Crippen molar-refractivity contribution in [2.45, 2.75) is 33.0 Å². The minimum atomic E-state index is -4.40. The van der Waals surface area contributed by atoms with Gasteiger partial charge in [-0.1, -0.05) is 36.8 Å². The average Bonchev–Trinajstić information content (AvgIpc) is 2.82. The number of alkyl halides is 3. The lowest BCUT2D eigenvalue weighted by molar-refractivity contribution is -0.141. The van der Waals surface area contributed by atoms with Crippen LogP contribution in [0.5, 0.6) is 0 Å². The van der Waals surface area contributed by atoms with Crippen molar-refractivity contribution in [1.82, 2.24) is 10.3 Å². The van der Waals surface area contributed by atoms with E-state index in [1.165, 1.54) is 0 Å². The highest BCUT2D eigenvalue weighted by atomic mass is 32.1. The third kappa shape index (κ3) is 4.28. The lowest BCUT2D eigenvalue weighted by Gasteiger charge is -2.05. The van der Waals surface area contributed by atoms with Gasteiger partial charge in [0.15, 0.2) is 5.69 Å². The Bertz CT molecular complexity index is 588. The van der Waals surface area contributed by atoms with Crippen LogP contribution in [0.2, 0.25) is 0 Å².